The Morgan fingerprint density at radius 3 is 3.11 bits per heavy atom. The third kappa shape index (κ3) is 3.87. The molecule has 1 heterocycles. The van der Waals surface area contributed by atoms with Gasteiger partial charge in [-0.3, -0.25) is 4.79 Å². The zero-order chi connectivity index (χ0) is 13.7. The molecule has 1 fully saturated rings. The Labute approximate surface area is 111 Å². The molecule has 2 rings (SSSR count). The van der Waals surface area contributed by atoms with Crippen molar-refractivity contribution < 1.29 is 13.9 Å². The van der Waals surface area contributed by atoms with E-state index in [1.165, 1.54) is 18.2 Å². The van der Waals surface area contributed by atoms with Gasteiger partial charge in [0, 0.05) is 26.3 Å². The van der Waals surface area contributed by atoms with Crippen LogP contribution in [-0.4, -0.2) is 38.3 Å². The number of benzene rings is 1. The van der Waals surface area contributed by atoms with E-state index >= 15 is 0 Å². The lowest BCUT2D eigenvalue weighted by Crippen LogP contribution is -2.42. The van der Waals surface area contributed by atoms with Crippen molar-refractivity contribution in [2.45, 2.75) is 12.1 Å². The van der Waals surface area contributed by atoms with E-state index in [-0.39, 0.29) is 23.9 Å². The molecule has 2 atom stereocenters. The van der Waals surface area contributed by atoms with Gasteiger partial charge in [0.05, 0.1) is 12.1 Å². The fourth-order valence-electron chi connectivity index (χ4n) is 2.06. The van der Waals surface area contributed by atoms with Gasteiger partial charge in [-0.25, -0.2) is 4.39 Å². The number of hydrogen-bond donors (Lipinski definition) is 2. The summed E-state index contributed by atoms with van der Waals surface area (Å²) in [6, 6.07) is 6.05. The van der Waals surface area contributed by atoms with Gasteiger partial charge >= 0.3 is 0 Å². The maximum absolute atomic E-state index is 13.0. The predicted molar refractivity (Wildman–Crippen MR) is 71.0 cm³/mol. The Hall–Kier alpha value is -1.72. The minimum atomic E-state index is -0.318. The van der Waals surface area contributed by atoms with Crippen LogP contribution >= 0.6 is 0 Å². The van der Waals surface area contributed by atoms with Crippen LogP contribution in [0.4, 0.5) is 4.39 Å². The Kier molecular flexibility index (Phi) is 4.65. The van der Waals surface area contributed by atoms with Gasteiger partial charge in [0.15, 0.2) is 0 Å². The number of methoxy groups -OCH3 is 1. The molecule has 0 saturated carbocycles. The van der Waals surface area contributed by atoms with E-state index in [4.69, 9.17) is 4.74 Å². The van der Waals surface area contributed by atoms with E-state index in [1.54, 1.807) is 25.3 Å². The first-order chi connectivity index (χ1) is 9.19. The summed E-state index contributed by atoms with van der Waals surface area (Å²) < 4.78 is 18.2. The second-order valence-corrected chi connectivity index (χ2v) is 4.44. The van der Waals surface area contributed by atoms with Crippen molar-refractivity contribution in [1.29, 1.82) is 0 Å². The van der Waals surface area contributed by atoms with Gasteiger partial charge in [0.2, 0.25) is 5.91 Å². The maximum Gasteiger partial charge on any atom is 0.244 e. The minimum Gasteiger partial charge on any atom is -0.378 e. The van der Waals surface area contributed by atoms with Crippen LogP contribution in [0.15, 0.2) is 30.3 Å². The Bertz CT molecular complexity index is 476. The number of carbonyl (C=O) groups is 1. The van der Waals surface area contributed by atoms with Gasteiger partial charge in [-0.1, -0.05) is 12.1 Å². The minimum absolute atomic E-state index is 0.00785. The van der Waals surface area contributed by atoms with Crippen LogP contribution in [0.1, 0.15) is 5.56 Å². The predicted octanol–water partition coefficient (Wildman–Crippen LogP) is 0.942. The largest absolute Gasteiger partial charge is 0.378 e. The molecule has 1 aromatic rings. The normalized spacial score (nSPS) is 22.8. The molecule has 0 aliphatic carbocycles. The lowest BCUT2D eigenvalue weighted by molar-refractivity contribution is -0.117. The van der Waals surface area contributed by atoms with E-state index in [0.717, 1.165) is 6.54 Å². The van der Waals surface area contributed by atoms with Crippen molar-refractivity contribution in [1.82, 2.24) is 10.6 Å². The van der Waals surface area contributed by atoms with E-state index in [1.807, 2.05) is 0 Å². The average molecular weight is 264 g/mol. The SMILES string of the molecule is COC1CNCC1NC(=O)/C=C/c1cccc(F)c1. The van der Waals surface area contributed by atoms with Crippen molar-refractivity contribution in [3.05, 3.63) is 41.7 Å². The van der Waals surface area contributed by atoms with Crippen LogP contribution in [0.3, 0.4) is 0 Å². The van der Waals surface area contributed by atoms with Crippen LogP contribution in [0, 0.1) is 5.82 Å². The van der Waals surface area contributed by atoms with Crippen molar-refractivity contribution in [2.24, 2.45) is 0 Å². The molecule has 0 bridgehead atoms. The molecular weight excluding hydrogens is 247 g/mol. The summed E-state index contributed by atoms with van der Waals surface area (Å²) in [6.45, 7) is 1.42. The molecule has 2 N–H and O–H groups in total. The van der Waals surface area contributed by atoms with Gasteiger partial charge in [0.25, 0.3) is 0 Å². The molecule has 102 valence electrons. The number of nitrogens with one attached hydrogen (secondary N) is 2. The first-order valence-corrected chi connectivity index (χ1v) is 6.16. The summed E-state index contributed by atoms with van der Waals surface area (Å²) in [5.74, 6) is -0.526. The van der Waals surface area contributed by atoms with Crippen molar-refractivity contribution >= 4 is 12.0 Å². The molecule has 2 unspecified atom stereocenters. The van der Waals surface area contributed by atoms with Gasteiger partial charge in [-0.05, 0) is 23.8 Å². The highest BCUT2D eigenvalue weighted by atomic mass is 19.1. The highest BCUT2D eigenvalue weighted by molar-refractivity contribution is 5.92. The van der Waals surface area contributed by atoms with E-state index < -0.39 is 0 Å². The zero-order valence-electron chi connectivity index (χ0n) is 10.7. The summed E-state index contributed by atoms with van der Waals surface area (Å²) in [5, 5.41) is 6.00. The van der Waals surface area contributed by atoms with Crippen molar-refractivity contribution in [3.63, 3.8) is 0 Å². The molecule has 0 radical (unpaired) electrons. The molecule has 1 aromatic carbocycles. The summed E-state index contributed by atoms with van der Waals surface area (Å²) in [4.78, 5) is 11.7. The van der Waals surface area contributed by atoms with E-state index in [9.17, 15) is 9.18 Å². The van der Waals surface area contributed by atoms with E-state index in [0.29, 0.717) is 12.1 Å². The molecule has 0 spiro atoms. The molecule has 1 aliphatic rings. The lowest BCUT2D eigenvalue weighted by Gasteiger charge is -2.17. The second-order valence-electron chi connectivity index (χ2n) is 4.44. The Balaban J connectivity index is 1.90. The average Bonchev–Trinajstić information content (AvgIpc) is 2.84. The third-order valence-corrected chi connectivity index (χ3v) is 3.06. The zero-order valence-corrected chi connectivity index (χ0v) is 10.7. The molecule has 5 heteroatoms. The smallest absolute Gasteiger partial charge is 0.244 e. The van der Waals surface area contributed by atoms with E-state index in [2.05, 4.69) is 10.6 Å². The monoisotopic (exact) mass is 264 g/mol. The number of carbonyl (C=O) groups excluding carboxylic acids is 1. The Morgan fingerprint density at radius 2 is 2.37 bits per heavy atom. The van der Waals surface area contributed by atoms with Crippen LogP contribution in [-0.2, 0) is 9.53 Å². The van der Waals surface area contributed by atoms with Gasteiger partial charge in [0.1, 0.15) is 5.82 Å². The summed E-state index contributed by atoms with van der Waals surface area (Å²) in [7, 11) is 1.62. The molecule has 1 saturated heterocycles. The highest BCUT2D eigenvalue weighted by Gasteiger charge is 2.27. The van der Waals surface area contributed by atoms with Gasteiger partial charge < -0.3 is 15.4 Å². The van der Waals surface area contributed by atoms with Crippen LogP contribution in [0.2, 0.25) is 0 Å². The molecule has 1 aliphatic heterocycles. The van der Waals surface area contributed by atoms with Crippen LogP contribution < -0.4 is 10.6 Å². The number of rotatable bonds is 4. The summed E-state index contributed by atoms with van der Waals surface area (Å²) in [6.07, 6.45) is 2.98. The molecule has 4 nitrogen and oxygen atoms in total. The summed E-state index contributed by atoms with van der Waals surface area (Å²) >= 11 is 0. The fourth-order valence-corrected chi connectivity index (χ4v) is 2.06. The number of ether oxygens (including phenoxy) is 1. The van der Waals surface area contributed by atoms with Crippen LogP contribution in [0.5, 0.6) is 0 Å². The quantitative estimate of drug-likeness (QED) is 0.796. The van der Waals surface area contributed by atoms with Gasteiger partial charge in [-0.2, -0.15) is 0 Å². The molecule has 0 aromatic heterocycles. The number of halogens is 1. The third-order valence-electron chi connectivity index (χ3n) is 3.06. The topological polar surface area (TPSA) is 50.4 Å². The van der Waals surface area contributed by atoms with Gasteiger partial charge in [-0.15, -0.1) is 0 Å². The van der Waals surface area contributed by atoms with Crippen LogP contribution in [0.25, 0.3) is 6.08 Å². The van der Waals surface area contributed by atoms with Crippen molar-refractivity contribution in [3.8, 4) is 0 Å². The lowest BCUT2D eigenvalue weighted by atomic mass is 10.2. The standard InChI is InChI=1S/C14H17FN2O2/c1-19-13-9-16-8-12(13)17-14(18)6-5-10-3-2-4-11(15)7-10/h2-7,12-13,16H,8-9H2,1H3,(H,17,18)/b6-5+. The molecular formula is C14H17FN2O2. The van der Waals surface area contributed by atoms with Crippen molar-refractivity contribution in [2.75, 3.05) is 20.2 Å². The molecule has 19 heavy (non-hydrogen) atoms. The maximum atomic E-state index is 13.0. The molecule has 1 amide bonds. The summed E-state index contributed by atoms with van der Waals surface area (Å²) in [5.41, 5.74) is 0.656. The second kappa shape index (κ2) is 6.45. The number of amides is 1. The first kappa shape index (κ1) is 13.7. The first-order valence-electron chi connectivity index (χ1n) is 6.16. The Morgan fingerprint density at radius 1 is 1.53 bits per heavy atom. The number of hydrogen-bond acceptors (Lipinski definition) is 3. The fraction of sp³-hybridized carbons (Fsp3) is 0.357. The highest BCUT2D eigenvalue weighted by Crippen LogP contribution is 2.06.